The maximum absolute atomic E-state index is 12.9. The number of ether oxygens (including phenoxy) is 1. The van der Waals surface area contributed by atoms with Crippen LogP contribution in [0.15, 0.2) is 23.2 Å². The molecule has 24 heavy (non-hydrogen) atoms. The Morgan fingerprint density at radius 3 is 2.33 bits per heavy atom. The van der Waals surface area contributed by atoms with Crippen LogP contribution < -0.4 is 4.74 Å². The van der Waals surface area contributed by atoms with Crippen molar-refractivity contribution in [2.75, 3.05) is 6.61 Å². The van der Waals surface area contributed by atoms with E-state index in [0.29, 0.717) is 0 Å². The molecule has 5 nitrogen and oxygen atoms in total. The van der Waals surface area contributed by atoms with Crippen molar-refractivity contribution >= 4 is 10.0 Å². The molecule has 9 heteroatoms. The van der Waals surface area contributed by atoms with Gasteiger partial charge in [0.25, 0.3) is 0 Å². The minimum atomic E-state index is -4.47. The second kappa shape index (κ2) is 6.87. The fraction of sp³-hybridized carbons (Fsp3) is 0.667. The molecule has 0 bridgehead atoms. The van der Waals surface area contributed by atoms with E-state index in [0.717, 1.165) is 25.1 Å². The molecule has 1 aliphatic rings. The molecule has 0 N–H and O–H groups in total. The van der Waals surface area contributed by atoms with E-state index < -0.39 is 22.8 Å². The van der Waals surface area contributed by atoms with Gasteiger partial charge in [-0.3, -0.25) is 0 Å². The third kappa shape index (κ3) is 4.60. The van der Waals surface area contributed by atoms with Gasteiger partial charge in [-0.05, 0) is 31.7 Å². The van der Waals surface area contributed by atoms with E-state index in [2.05, 4.69) is 9.72 Å². The van der Waals surface area contributed by atoms with Crippen LogP contribution in [-0.4, -0.2) is 42.6 Å². The molecule has 1 unspecified atom stereocenters. The van der Waals surface area contributed by atoms with E-state index in [1.54, 1.807) is 0 Å². The standard InChI is InChI=1S/C15H21F3N2O3S/c1-10(2)11(3)20(12-4-5-12)24(21,22)13-6-7-14(19-8-13)23-9-15(16,17)18/h6-8,10-12H,4-5,9H2,1-3H3. The second-order valence-electron chi connectivity index (χ2n) is 6.29. The average Bonchev–Trinajstić information content (AvgIpc) is 3.29. The van der Waals surface area contributed by atoms with E-state index in [1.807, 2.05) is 20.8 Å². The lowest BCUT2D eigenvalue weighted by Crippen LogP contribution is -2.43. The van der Waals surface area contributed by atoms with Crippen molar-refractivity contribution in [3.63, 3.8) is 0 Å². The van der Waals surface area contributed by atoms with Gasteiger partial charge in [0.2, 0.25) is 15.9 Å². The predicted octanol–water partition coefficient (Wildman–Crippen LogP) is 3.22. The Kier molecular flexibility index (Phi) is 5.44. The van der Waals surface area contributed by atoms with Gasteiger partial charge >= 0.3 is 6.18 Å². The molecule has 0 aromatic carbocycles. The van der Waals surface area contributed by atoms with Crippen molar-refractivity contribution in [2.45, 2.75) is 56.8 Å². The highest BCUT2D eigenvalue weighted by atomic mass is 32.2. The summed E-state index contributed by atoms with van der Waals surface area (Å²) in [4.78, 5) is 3.65. The normalized spacial score (nSPS) is 17.3. The van der Waals surface area contributed by atoms with Crippen molar-refractivity contribution in [1.82, 2.24) is 9.29 Å². The Bertz CT molecular complexity index is 656. The summed E-state index contributed by atoms with van der Waals surface area (Å²) < 4.78 is 68.1. The summed E-state index contributed by atoms with van der Waals surface area (Å²) in [6.45, 7) is 4.28. The van der Waals surface area contributed by atoms with Crippen LogP contribution in [-0.2, 0) is 10.0 Å². The molecule has 1 saturated carbocycles. The quantitative estimate of drug-likeness (QED) is 0.743. The highest BCUT2D eigenvalue weighted by Crippen LogP contribution is 2.35. The van der Waals surface area contributed by atoms with Gasteiger partial charge in [0, 0.05) is 18.2 Å². The molecule has 1 aromatic heterocycles. The Hall–Kier alpha value is -1.35. The number of alkyl halides is 3. The molecule has 1 heterocycles. The zero-order valence-corrected chi connectivity index (χ0v) is 14.6. The Labute approximate surface area is 139 Å². The Balaban J connectivity index is 2.19. The van der Waals surface area contributed by atoms with Crippen molar-refractivity contribution in [3.8, 4) is 5.88 Å². The first-order valence-corrected chi connectivity index (χ1v) is 9.15. The molecule has 1 fully saturated rings. The van der Waals surface area contributed by atoms with Gasteiger partial charge < -0.3 is 4.74 Å². The molecule has 1 aromatic rings. The third-order valence-corrected chi connectivity index (χ3v) is 5.96. The largest absolute Gasteiger partial charge is 0.468 e. The van der Waals surface area contributed by atoms with Crippen LogP contribution >= 0.6 is 0 Å². The number of aromatic nitrogens is 1. The van der Waals surface area contributed by atoms with Crippen LogP contribution in [0.3, 0.4) is 0 Å². The minimum Gasteiger partial charge on any atom is -0.468 e. The zero-order chi connectivity index (χ0) is 18.1. The maximum Gasteiger partial charge on any atom is 0.422 e. The molecule has 1 atom stereocenters. The number of halogens is 3. The highest BCUT2D eigenvalue weighted by Gasteiger charge is 2.42. The molecular weight excluding hydrogens is 345 g/mol. The summed E-state index contributed by atoms with van der Waals surface area (Å²) >= 11 is 0. The van der Waals surface area contributed by atoms with Gasteiger partial charge in [0.1, 0.15) is 4.90 Å². The zero-order valence-electron chi connectivity index (χ0n) is 13.7. The topological polar surface area (TPSA) is 59.5 Å². The van der Waals surface area contributed by atoms with Crippen LogP contribution in [0.5, 0.6) is 5.88 Å². The molecule has 0 aliphatic heterocycles. The van der Waals surface area contributed by atoms with E-state index in [-0.39, 0.29) is 28.8 Å². The minimum absolute atomic E-state index is 0.0199. The molecule has 0 saturated heterocycles. The van der Waals surface area contributed by atoms with Crippen LogP contribution in [0.25, 0.3) is 0 Å². The number of hydrogen-bond donors (Lipinski definition) is 0. The fourth-order valence-corrected chi connectivity index (χ4v) is 4.21. The molecular formula is C15H21F3N2O3S. The van der Waals surface area contributed by atoms with Gasteiger partial charge in [-0.15, -0.1) is 0 Å². The number of sulfonamides is 1. The summed E-state index contributed by atoms with van der Waals surface area (Å²) in [5.41, 5.74) is 0. The monoisotopic (exact) mass is 366 g/mol. The lowest BCUT2D eigenvalue weighted by molar-refractivity contribution is -0.154. The Morgan fingerprint density at radius 1 is 1.29 bits per heavy atom. The number of pyridine rings is 1. The van der Waals surface area contributed by atoms with Crippen LogP contribution in [0.2, 0.25) is 0 Å². The summed E-state index contributed by atoms with van der Waals surface area (Å²) in [6.07, 6.45) is -1.79. The first-order chi connectivity index (χ1) is 11.0. The van der Waals surface area contributed by atoms with Crippen LogP contribution in [0.1, 0.15) is 33.6 Å². The van der Waals surface area contributed by atoms with Gasteiger partial charge in [-0.1, -0.05) is 13.8 Å². The molecule has 1 aliphatic carbocycles. The fourth-order valence-electron chi connectivity index (χ4n) is 2.25. The summed E-state index contributed by atoms with van der Waals surface area (Å²) in [7, 11) is -3.75. The summed E-state index contributed by atoms with van der Waals surface area (Å²) in [5.74, 6) is -0.121. The number of hydrogen-bond acceptors (Lipinski definition) is 4. The lowest BCUT2D eigenvalue weighted by atomic mass is 10.1. The summed E-state index contributed by atoms with van der Waals surface area (Å²) in [6, 6.07) is 2.18. The first-order valence-electron chi connectivity index (χ1n) is 7.71. The number of rotatable bonds is 7. The molecule has 136 valence electrons. The summed E-state index contributed by atoms with van der Waals surface area (Å²) in [5, 5.41) is 0. The predicted molar refractivity (Wildman–Crippen MR) is 82.1 cm³/mol. The Morgan fingerprint density at radius 2 is 1.92 bits per heavy atom. The molecule has 0 spiro atoms. The smallest absolute Gasteiger partial charge is 0.422 e. The van der Waals surface area contributed by atoms with Gasteiger partial charge in [-0.25, -0.2) is 13.4 Å². The van der Waals surface area contributed by atoms with E-state index in [4.69, 9.17) is 0 Å². The molecule has 2 rings (SSSR count). The van der Waals surface area contributed by atoms with Crippen molar-refractivity contribution < 1.29 is 26.3 Å². The SMILES string of the molecule is CC(C)C(C)N(C1CC1)S(=O)(=O)c1ccc(OCC(F)(F)F)nc1. The average molecular weight is 366 g/mol. The van der Waals surface area contributed by atoms with Gasteiger partial charge in [-0.2, -0.15) is 17.5 Å². The van der Waals surface area contributed by atoms with Crippen molar-refractivity contribution in [1.29, 1.82) is 0 Å². The van der Waals surface area contributed by atoms with Crippen LogP contribution in [0, 0.1) is 5.92 Å². The van der Waals surface area contributed by atoms with Crippen molar-refractivity contribution in [3.05, 3.63) is 18.3 Å². The van der Waals surface area contributed by atoms with Gasteiger partial charge in [0.05, 0.1) is 6.20 Å². The molecule has 0 radical (unpaired) electrons. The van der Waals surface area contributed by atoms with E-state index in [1.165, 1.54) is 10.4 Å². The lowest BCUT2D eigenvalue weighted by Gasteiger charge is -2.30. The number of nitrogens with zero attached hydrogens (tertiary/aromatic N) is 2. The maximum atomic E-state index is 12.9. The first kappa shape index (κ1) is 19.0. The second-order valence-corrected chi connectivity index (χ2v) is 8.13. The van der Waals surface area contributed by atoms with E-state index >= 15 is 0 Å². The van der Waals surface area contributed by atoms with Crippen LogP contribution in [0.4, 0.5) is 13.2 Å². The third-order valence-electron chi connectivity index (χ3n) is 3.94. The highest BCUT2D eigenvalue weighted by molar-refractivity contribution is 7.89. The van der Waals surface area contributed by atoms with Gasteiger partial charge in [0.15, 0.2) is 6.61 Å². The van der Waals surface area contributed by atoms with Crippen molar-refractivity contribution in [2.24, 2.45) is 5.92 Å². The molecule has 0 amide bonds. The van der Waals surface area contributed by atoms with E-state index in [9.17, 15) is 21.6 Å².